The number of hydrogen-bond acceptors (Lipinski definition) is 6. The van der Waals surface area contributed by atoms with Crippen molar-refractivity contribution in [1.82, 2.24) is 10.2 Å². The number of anilines is 1. The Morgan fingerprint density at radius 3 is 2.45 bits per heavy atom. The minimum Gasteiger partial charge on any atom is -0.467 e. The quantitative estimate of drug-likeness (QED) is 0.397. The Hall–Kier alpha value is -3.63. The summed E-state index contributed by atoms with van der Waals surface area (Å²) in [5, 5.41) is 5.90. The average molecular weight is 484 g/mol. The van der Waals surface area contributed by atoms with Gasteiger partial charge in [-0.15, -0.1) is 11.3 Å². The second-order valence-corrected chi connectivity index (χ2v) is 10.2. The molecule has 4 rings (SSSR count). The summed E-state index contributed by atoms with van der Waals surface area (Å²) >= 11 is 1.08. The van der Waals surface area contributed by atoms with Crippen molar-refractivity contribution in [1.29, 1.82) is 0 Å². The number of fused-ring (bicyclic) bond motifs is 1. The van der Waals surface area contributed by atoms with Crippen LogP contribution in [-0.4, -0.2) is 38.7 Å². The standard InChI is InChI=1S/C23H21N3O5S2/c1-26(15-21(27)24-14-18-8-4-10-31-18)23(28)19-12-16-6-2-3-7-17(16)13-20(19)25-33(29,30)22-9-5-11-32-22/h2-13,25H,14-15H2,1H3,(H,24,27). The second kappa shape index (κ2) is 9.47. The molecule has 0 spiro atoms. The predicted molar refractivity (Wildman–Crippen MR) is 127 cm³/mol. The Morgan fingerprint density at radius 2 is 1.79 bits per heavy atom. The van der Waals surface area contributed by atoms with E-state index in [2.05, 4.69) is 10.0 Å². The highest BCUT2D eigenvalue weighted by molar-refractivity contribution is 7.94. The molecule has 0 radical (unpaired) electrons. The lowest BCUT2D eigenvalue weighted by atomic mass is 10.0. The lowest BCUT2D eigenvalue weighted by molar-refractivity contribution is -0.121. The lowest BCUT2D eigenvalue weighted by Gasteiger charge is -2.20. The molecule has 0 aliphatic carbocycles. The van der Waals surface area contributed by atoms with Crippen molar-refractivity contribution in [2.24, 2.45) is 0 Å². The molecule has 0 unspecified atom stereocenters. The molecule has 2 heterocycles. The highest BCUT2D eigenvalue weighted by Crippen LogP contribution is 2.28. The highest BCUT2D eigenvalue weighted by Gasteiger charge is 2.23. The number of nitrogens with zero attached hydrogens (tertiary/aromatic N) is 1. The van der Waals surface area contributed by atoms with E-state index in [1.165, 1.54) is 24.3 Å². The number of thiophene rings is 1. The molecule has 33 heavy (non-hydrogen) atoms. The molecule has 2 aromatic carbocycles. The van der Waals surface area contributed by atoms with Crippen LogP contribution in [0.3, 0.4) is 0 Å². The zero-order valence-electron chi connectivity index (χ0n) is 17.6. The van der Waals surface area contributed by atoms with Gasteiger partial charge in [-0.3, -0.25) is 14.3 Å². The minimum atomic E-state index is -3.87. The third-order valence-electron chi connectivity index (χ3n) is 4.89. The Labute approximate surface area is 194 Å². The fraction of sp³-hybridized carbons (Fsp3) is 0.130. The summed E-state index contributed by atoms with van der Waals surface area (Å²) in [6.07, 6.45) is 1.51. The Balaban J connectivity index is 1.58. The van der Waals surface area contributed by atoms with Crippen LogP contribution in [0.1, 0.15) is 16.1 Å². The molecular formula is C23H21N3O5S2. The van der Waals surface area contributed by atoms with Gasteiger partial charge in [0.1, 0.15) is 9.97 Å². The molecule has 2 N–H and O–H groups in total. The summed E-state index contributed by atoms with van der Waals surface area (Å²) in [5.41, 5.74) is 0.296. The van der Waals surface area contributed by atoms with E-state index in [1.54, 1.807) is 35.7 Å². The first-order valence-corrected chi connectivity index (χ1v) is 12.3. The van der Waals surface area contributed by atoms with E-state index >= 15 is 0 Å². The van der Waals surface area contributed by atoms with Gasteiger partial charge in [-0.25, -0.2) is 8.42 Å². The van der Waals surface area contributed by atoms with Gasteiger partial charge in [0, 0.05) is 7.05 Å². The highest BCUT2D eigenvalue weighted by atomic mass is 32.2. The largest absolute Gasteiger partial charge is 0.467 e. The molecule has 0 saturated heterocycles. The Kier molecular flexibility index (Phi) is 6.47. The number of rotatable bonds is 8. The summed E-state index contributed by atoms with van der Waals surface area (Å²) in [5.74, 6) is -0.265. The van der Waals surface area contributed by atoms with Crippen molar-refractivity contribution in [2.75, 3.05) is 18.3 Å². The van der Waals surface area contributed by atoms with Crippen LogP contribution in [0.25, 0.3) is 10.8 Å². The molecule has 0 aliphatic rings. The number of amides is 2. The first-order valence-electron chi connectivity index (χ1n) is 9.97. The van der Waals surface area contributed by atoms with Gasteiger partial charge in [-0.05, 0) is 46.5 Å². The summed E-state index contributed by atoms with van der Waals surface area (Å²) in [6, 6.07) is 17.2. The molecular weight excluding hydrogens is 462 g/mol. The molecule has 0 saturated carbocycles. The number of likely N-dealkylation sites (N-methyl/N-ethyl adjacent to an activating group) is 1. The van der Waals surface area contributed by atoms with Gasteiger partial charge in [0.2, 0.25) is 5.91 Å². The molecule has 2 aromatic heterocycles. The van der Waals surface area contributed by atoms with Gasteiger partial charge in [0.25, 0.3) is 15.9 Å². The van der Waals surface area contributed by atoms with Gasteiger partial charge >= 0.3 is 0 Å². The first-order chi connectivity index (χ1) is 15.8. The Bertz CT molecular complexity index is 1380. The van der Waals surface area contributed by atoms with Crippen LogP contribution >= 0.6 is 11.3 Å². The fourth-order valence-electron chi connectivity index (χ4n) is 3.26. The van der Waals surface area contributed by atoms with Gasteiger partial charge in [-0.2, -0.15) is 0 Å². The zero-order valence-corrected chi connectivity index (χ0v) is 19.3. The Morgan fingerprint density at radius 1 is 1.03 bits per heavy atom. The third kappa shape index (κ3) is 5.24. The minimum absolute atomic E-state index is 0.139. The van der Waals surface area contributed by atoms with Gasteiger partial charge in [0.15, 0.2) is 0 Å². The van der Waals surface area contributed by atoms with Crippen LogP contribution in [-0.2, 0) is 21.4 Å². The molecule has 0 bridgehead atoms. The fourth-order valence-corrected chi connectivity index (χ4v) is 5.32. The van der Waals surface area contributed by atoms with Gasteiger partial charge in [-0.1, -0.05) is 30.3 Å². The predicted octanol–water partition coefficient (Wildman–Crippen LogP) is 3.68. The van der Waals surface area contributed by atoms with E-state index in [9.17, 15) is 18.0 Å². The number of sulfonamides is 1. The van der Waals surface area contributed by atoms with Crippen molar-refractivity contribution in [3.05, 3.63) is 83.6 Å². The average Bonchev–Trinajstić information content (AvgIpc) is 3.51. The smallest absolute Gasteiger partial charge is 0.271 e. The molecule has 0 aliphatic heterocycles. The number of nitrogens with one attached hydrogen (secondary N) is 2. The van der Waals surface area contributed by atoms with Crippen molar-refractivity contribution < 1.29 is 22.4 Å². The van der Waals surface area contributed by atoms with Crippen LogP contribution in [0.5, 0.6) is 0 Å². The summed E-state index contributed by atoms with van der Waals surface area (Å²) in [6.45, 7) is -0.000809. The van der Waals surface area contributed by atoms with Gasteiger partial charge < -0.3 is 14.6 Å². The van der Waals surface area contributed by atoms with Crippen molar-refractivity contribution in [3.63, 3.8) is 0 Å². The van der Waals surface area contributed by atoms with E-state index in [1.807, 2.05) is 24.3 Å². The number of carbonyl (C=O) groups excluding carboxylic acids is 2. The van der Waals surface area contributed by atoms with E-state index < -0.39 is 15.9 Å². The second-order valence-electron chi connectivity index (χ2n) is 7.30. The number of hydrogen-bond donors (Lipinski definition) is 2. The summed E-state index contributed by atoms with van der Waals surface area (Å²) in [7, 11) is -2.38. The number of carbonyl (C=O) groups is 2. The number of furan rings is 1. The lowest BCUT2D eigenvalue weighted by Crippen LogP contribution is -2.38. The maximum absolute atomic E-state index is 13.2. The maximum Gasteiger partial charge on any atom is 0.271 e. The molecule has 170 valence electrons. The third-order valence-corrected chi connectivity index (χ3v) is 7.65. The monoisotopic (exact) mass is 483 g/mol. The number of benzene rings is 2. The van der Waals surface area contributed by atoms with E-state index in [0.29, 0.717) is 5.76 Å². The molecule has 8 nitrogen and oxygen atoms in total. The normalized spacial score (nSPS) is 11.3. The molecule has 2 amide bonds. The van der Waals surface area contributed by atoms with Gasteiger partial charge in [0.05, 0.1) is 30.6 Å². The van der Waals surface area contributed by atoms with E-state index in [0.717, 1.165) is 22.1 Å². The van der Waals surface area contributed by atoms with E-state index in [-0.39, 0.29) is 34.5 Å². The first kappa shape index (κ1) is 22.6. The van der Waals surface area contributed by atoms with Crippen molar-refractivity contribution in [3.8, 4) is 0 Å². The molecule has 4 aromatic rings. The van der Waals surface area contributed by atoms with Crippen LogP contribution in [0.4, 0.5) is 5.69 Å². The topological polar surface area (TPSA) is 109 Å². The van der Waals surface area contributed by atoms with Crippen LogP contribution < -0.4 is 10.0 Å². The molecule has 0 fully saturated rings. The van der Waals surface area contributed by atoms with Crippen LogP contribution in [0.2, 0.25) is 0 Å². The van der Waals surface area contributed by atoms with Crippen molar-refractivity contribution >= 4 is 49.6 Å². The maximum atomic E-state index is 13.2. The molecule has 10 heteroatoms. The zero-order chi connectivity index (χ0) is 23.4. The van der Waals surface area contributed by atoms with E-state index in [4.69, 9.17) is 4.42 Å². The SMILES string of the molecule is CN(CC(=O)NCc1ccco1)C(=O)c1cc2ccccc2cc1NS(=O)(=O)c1cccs1. The summed E-state index contributed by atoms with van der Waals surface area (Å²) in [4.78, 5) is 26.8. The van der Waals surface area contributed by atoms with Crippen LogP contribution in [0, 0.1) is 0 Å². The van der Waals surface area contributed by atoms with Crippen molar-refractivity contribution in [2.45, 2.75) is 10.8 Å². The molecule has 0 atom stereocenters. The van der Waals surface area contributed by atoms with Crippen LogP contribution in [0.15, 0.2) is 80.9 Å². The summed E-state index contributed by atoms with van der Waals surface area (Å²) < 4.78 is 33.5.